The van der Waals surface area contributed by atoms with Gasteiger partial charge >= 0.3 is 0 Å². The molecule has 4 N–H and O–H groups in total. The summed E-state index contributed by atoms with van der Waals surface area (Å²) < 4.78 is 6.57. The predicted octanol–water partition coefficient (Wildman–Crippen LogP) is 3.01. The largest absolute Gasteiger partial charge is 0.495 e. The smallest absolute Gasteiger partial charge is 0.234 e. The number of anilines is 2. The first-order chi connectivity index (χ1) is 14.4. The van der Waals surface area contributed by atoms with Gasteiger partial charge in [-0.15, -0.1) is 10.2 Å². The number of halogens is 1. The van der Waals surface area contributed by atoms with Crippen molar-refractivity contribution in [2.75, 3.05) is 29.3 Å². The standard InChI is InChI=1S/C19H19ClN6O3S/c1-11(27)22-14-6-7-16(29-2)15(9-14)23-17(28)10-30-19-25-24-18(26(19)21)12-4-3-5-13(20)8-12/h3-9H,10,21H2,1-2H3,(H,22,27)(H,23,28). The number of hydrogen-bond acceptors (Lipinski definition) is 7. The molecule has 0 aliphatic heterocycles. The molecule has 11 heteroatoms. The zero-order valence-electron chi connectivity index (χ0n) is 16.2. The minimum Gasteiger partial charge on any atom is -0.495 e. The Morgan fingerprint density at radius 1 is 1.20 bits per heavy atom. The summed E-state index contributed by atoms with van der Waals surface area (Å²) in [6.07, 6.45) is 0. The molecular formula is C19H19ClN6O3S. The van der Waals surface area contributed by atoms with Crippen LogP contribution in [0, 0.1) is 0 Å². The van der Waals surface area contributed by atoms with E-state index in [0.717, 1.165) is 11.8 Å². The molecule has 1 heterocycles. The Balaban J connectivity index is 1.67. The van der Waals surface area contributed by atoms with E-state index >= 15 is 0 Å². The topological polar surface area (TPSA) is 124 Å². The van der Waals surface area contributed by atoms with Crippen LogP contribution in [0.1, 0.15) is 6.92 Å². The van der Waals surface area contributed by atoms with Crippen LogP contribution in [0.2, 0.25) is 5.02 Å². The van der Waals surface area contributed by atoms with Crippen LogP contribution in [0.25, 0.3) is 11.4 Å². The Bertz CT molecular complexity index is 1090. The summed E-state index contributed by atoms with van der Waals surface area (Å²) in [6.45, 7) is 1.40. The number of carbonyl (C=O) groups excluding carboxylic acids is 2. The summed E-state index contributed by atoms with van der Waals surface area (Å²) in [5, 5.41) is 14.5. The summed E-state index contributed by atoms with van der Waals surface area (Å²) >= 11 is 7.14. The number of carbonyl (C=O) groups is 2. The van der Waals surface area contributed by atoms with Gasteiger partial charge in [0.2, 0.25) is 17.0 Å². The van der Waals surface area contributed by atoms with Crippen molar-refractivity contribution in [3.05, 3.63) is 47.5 Å². The fourth-order valence-electron chi connectivity index (χ4n) is 2.60. The maximum Gasteiger partial charge on any atom is 0.234 e. The molecule has 0 aliphatic carbocycles. The number of rotatable bonds is 7. The van der Waals surface area contributed by atoms with E-state index in [1.165, 1.54) is 18.7 Å². The van der Waals surface area contributed by atoms with E-state index in [9.17, 15) is 9.59 Å². The van der Waals surface area contributed by atoms with E-state index in [-0.39, 0.29) is 17.6 Å². The van der Waals surface area contributed by atoms with Gasteiger partial charge in [0.25, 0.3) is 0 Å². The summed E-state index contributed by atoms with van der Waals surface area (Å²) in [5.41, 5.74) is 1.69. The van der Waals surface area contributed by atoms with Crippen LogP contribution >= 0.6 is 23.4 Å². The van der Waals surface area contributed by atoms with E-state index in [1.54, 1.807) is 36.4 Å². The van der Waals surface area contributed by atoms with E-state index in [2.05, 4.69) is 20.8 Å². The summed E-state index contributed by atoms with van der Waals surface area (Å²) in [7, 11) is 1.49. The monoisotopic (exact) mass is 446 g/mol. The highest BCUT2D eigenvalue weighted by Gasteiger charge is 2.15. The summed E-state index contributed by atoms with van der Waals surface area (Å²) in [6, 6.07) is 12.0. The number of benzene rings is 2. The van der Waals surface area contributed by atoms with Crippen molar-refractivity contribution in [2.45, 2.75) is 12.1 Å². The average molecular weight is 447 g/mol. The Hall–Kier alpha value is -3.24. The van der Waals surface area contributed by atoms with E-state index in [1.807, 2.05) is 6.07 Å². The first-order valence-corrected chi connectivity index (χ1v) is 10.1. The Kier molecular flexibility index (Phi) is 6.80. The van der Waals surface area contributed by atoms with Crippen LogP contribution in [0.4, 0.5) is 11.4 Å². The first kappa shape index (κ1) is 21.5. The van der Waals surface area contributed by atoms with Gasteiger partial charge in [-0.2, -0.15) is 0 Å². The van der Waals surface area contributed by atoms with Gasteiger partial charge in [-0.1, -0.05) is 35.5 Å². The molecule has 0 spiro atoms. The van der Waals surface area contributed by atoms with Crippen molar-refractivity contribution < 1.29 is 14.3 Å². The molecule has 0 bridgehead atoms. The lowest BCUT2D eigenvalue weighted by atomic mass is 10.2. The molecule has 0 saturated heterocycles. The van der Waals surface area contributed by atoms with Crippen molar-refractivity contribution >= 4 is 46.6 Å². The van der Waals surface area contributed by atoms with Gasteiger partial charge in [0.05, 0.1) is 18.6 Å². The SMILES string of the molecule is COc1ccc(NC(C)=O)cc1NC(=O)CSc1nnc(-c2cccc(Cl)c2)n1N. The maximum atomic E-state index is 12.4. The first-order valence-electron chi connectivity index (χ1n) is 8.72. The number of nitrogens with zero attached hydrogens (tertiary/aromatic N) is 3. The Morgan fingerprint density at radius 3 is 2.70 bits per heavy atom. The molecule has 0 unspecified atom stereocenters. The lowest BCUT2D eigenvalue weighted by Crippen LogP contribution is -2.17. The second-order valence-electron chi connectivity index (χ2n) is 6.12. The third-order valence-electron chi connectivity index (χ3n) is 3.87. The fraction of sp³-hybridized carbons (Fsp3) is 0.158. The predicted molar refractivity (Wildman–Crippen MR) is 117 cm³/mol. The van der Waals surface area contributed by atoms with E-state index in [4.69, 9.17) is 22.2 Å². The maximum absolute atomic E-state index is 12.4. The average Bonchev–Trinajstić information content (AvgIpc) is 3.06. The van der Waals surface area contributed by atoms with Crippen LogP contribution in [0.15, 0.2) is 47.6 Å². The van der Waals surface area contributed by atoms with Crippen LogP contribution in [-0.4, -0.2) is 39.6 Å². The van der Waals surface area contributed by atoms with Gasteiger partial charge in [-0.25, -0.2) is 4.68 Å². The van der Waals surface area contributed by atoms with Crippen molar-refractivity contribution in [3.63, 3.8) is 0 Å². The molecular weight excluding hydrogens is 428 g/mol. The molecule has 9 nitrogen and oxygen atoms in total. The number of ether oxygens (including phenoxy) is 1. The van der Waals surface area contributed by atoms with E-state index in [0.29, 0.717) is 38.7 Å². The quantitative estimate of drug-likeness (QED) is 0.376. The molecule has 0 fully saturated rings. The zero-order chi connectivity index (χ0) is 21.7. The lowest BCUT2D eigenvalue weighted by Gasteiger charge is -2.12. The van der Waals surface area contributed by atoms with Gasteiger partial charge < -0.3 is 21.2 Å². The van der Waals surface area contributed by atoms with Gasteiger partial charge in [0.15, 0.2) is 5.82 Å². The van der Waals surface area contributed by atoms with Gasteiger partial charge in [0.1, 0.15) is 5.75 Å². The zero-order valence-corrected chi connectivity index (χ0v) is 17.8. The molecule has 156 valence electrons. The van der Waals surface area contributed by atoms with Crippen molar-refractivity contribution in [1.29, 1.82) is 0 Å². The highest BCUT2D eigenvalue weighted by molar-refractivity contribution is 7.99. The Morgan fingerprint density at radius 2 is 2.00 bits per heavy atom. The molecule has 30 heavy (non-hydrogen) atoms. The van der Waals surface area contributed by atoms with Gasteiger partial charge in [0, 0.05) is 23.2 Å². The minimum atomic E-state index is -0.300. The van der Waals surface area contributed by atoms with Crippen LogP contribution in [-0.2, 0) is 9.59 Å². The lowest BCUT2D eigenvalue weighted by molar-refractivity contribution is -0.114. The molecule has 0 radical (unpaired) electrons. The normalized spacial score (nSPS) is 10.5. The molecule has 0 atom stereocenters. The third kappa shape index (κ3) is 5.22. The van der Waals surface area contributed by atoms with Crippen LogP contribution < -0.4 is 21.2 Å². The highest BCUT2D eigenvalue weighted by Crippen LogP contribution is 2.29. The van der Waals surface area contributed by atoms with Crippen molar-refractivity contribution in [2.24, 2.45) is 0 Å². The Labute approximate surface area is 181 Å². The molecule has 0 aliphatic rings. The van der Waals surface area contributed by atoms with Crippen molar-refractivity contribution in [3.8, 4) is 17.1 Å². The minimum absolute atomic E-state index is 0.0401. The second kappa shape index (κ2) is 9.51. The third-order valence-corrected chi connectivity index (χ3v) is 5.05. The number of thioether (sulfide) groups is 1. The molecule has 0 saturated carbocycles. The molecule has 2 amide bonds. The number of amides is 2. The summed E-state index contributed by atoms with van der Waals surface area (Å²) in [4.78, 5) is 23.7. The molecule has 3 aromatic rings. The second-order valence-corrected chi connectivity index (χ2v) is 7.50. The van der Waals surface area contributed by atoms with E-state index < -0.39 is 0 Å². The van der Waals surface area contributed by atoms with Crippen LogP contribution in [0.5, 0.6) is 5.75 Å². The molecule has 1 aromatic heterocycles. The van der Waals surface area contributed by atoms with Gasteiger partial charge in [-0.3, -0.25) is 9.59 Å². The van der Waals surface area contributed by atoms with Crippen molar-refractivity contribution in [1.82, 2.24) is 14.9 Å². The number of nitrogens with two attached hydrogens (primary N) is 1. The summed E-state index contributed by atoms with van der Waals surface area (Å²) in [5.74, 6) is 6.50. The number of nitrogens with one attached hydrogen (secondary N) is 2. The molecule has 3 rings (SSSR count). The number of hydrogen-bond donors (Lipinski definition) is 3. The number of nitrogen functional groups attached to an aromatic ring is 1. The fourth-order valence-corrected chi connectivity index (χ4v) is 3.45. The number of methoxy groups -OCH3 is 1. The van der Waals surface area contributed by atoms with Gasteiger partial charge in [-0.05, 0) is 30.3 Å². The highest BCUT2D eigenvalue weighted by atomic mass is 35.5. The number of aromatic nitrogens is 3. The molecule has 2 aromatic carbocycles. The van der Waals surface area contributed by atoms with Crippen LogP contribution in [0.3, 0.4) is 0 Å².